The highest BCUT2D eigenvalue weighted by molar-refractivity contribution is 9.10. The number of nitrogens with zero attached hydrogens (tertiary/aromatic N) is 4. The summed E-state index contributed by atoms with van der Waals surface area (Å²) in [7, 11) is 4.16. The molecule has 3 aliphatic heterocycles. The van der Waals surface area contributed by atoms with Gasteiger partial charge in [0.05, 0.1) is 5.69 Å². The van der Waals surface area contributed by atoms with E-state index in [1.54, 1.807) is 0 Å². The summed E-state index contributed by atoms with van der Waals surface area (Å²) in [6, 6.07) is 20.0. The number of rotatable bonds is 7. The minimum Gasteiger partial charge on any atom is -0.378 e. The maximum Gasteiger partial charge on any atom is 0.126 e. The van der Waals surface area contributed by atoms with Crippen molar-refractivity contribution >= 4 is 21.6 Å². The molecule has 3 fully saturated rings. The predicted molar refractivity (Wildman–Crippen MR) is 143 cm³/mol. The zero-order chi connectivity index (χ0) is 23.7. The monoisotopic (exact) mass is 519 g/mol. The zero-order valence-electron chi connectivity index (χ0n) is 20.3. The normalized spacial score (nSPS) is 23.8. The second-order valence-corrected chi connectivity index (χ2v) is 10.8. The molecular formula is C28H34BrN5. The standard InChI is InChI=1S/C28H34BrN5/c1-19-31-27(24-6-4-5-7-26(24)29)15-28(32-19)25-18-34-13-12-21(25)14-23(34)17-30-16-20-8-10-22(11-9-20)33(2)3/h4-11,15,21,23,25,30H,12-14,16-18H2,1-3H3/t21-,23+,25+/m0/s1. The summed E-state index contributed by atoms with van der Waals surface area (Å²) in [5, 5.41) is 3.72. The summed E-state index contributed by atoms with van der Waals surface area (Å²) >= 11 is 3.69. The van der Waals surface area contributed by atoms with Crippen LogP contribution in [0.1, 0.15) is 35.8 Å². The molecule has 4 atom stereocenters. The van der Waals surface area contributed by atoms with Crippen LogP contribution in [0.25, 0.3) is 11.3 Å². The molecule has 6 rings (SSSR count). The van der Waals surface area contributed by atoms with Crippen molar-refractivity contribution in [1.82, 2.24) is 20.2 Å². The van der Waals surface area contributed by atoms with Crippen molar-refractivity contribution in [2.75, 3.05) is 38.6 Å². The first-order chi connectivity index (χ1) is 16.5. The van der Waals surface area contributed by atoms with Crippen LogP contribution >= 0.6 is 15.9 Å². The Morgan fingerprint density at radius 2 is 1.88 bits per heavy atom. The molecule has 6 heteroatoms. The molecule has 34 heavy (non-hydrogen) atoms. The fraction of sp³-hybridized carbons (Fsp3) is 0.429. The molecule has 3 aromatic rings. The highest BCUT2D eigenvalue weighted by Crippen LogP contribution is 2.42. The van der Waals surface area contributed by atoms with Crippen LogP contribution in [-0.4, -0.2) is 54.6 Å². The molecule has 1 aromatic heterocycles. The fourth-order valence-corrected chi connectivity index (χ4v) is 6.06. The van der Waals surface area contributed by atoms with E-state index in [0.717, 1.165) is 41.2 Å². The van der Waals surface area contributed by atoms with E-state index in [1.165, 1.54) is 36.3 Å². The van der Waals surface area contributed by atoms with Gasteiger partial charge in [0.25, 0.3) is 0 Å². The Bertz CT molecular complexity index is 1130. The van der Waals surface area contributed by atoms with Gasteiger partial charge in [-0.1, -0.05) is 46.3 Å². The summed E-state index contributed by atoms with van der Waals surface area (Å²) in [5.41, 5.74) is 5.95. The molecule has 178 valence electrons. The summed E-state index contributed by atoms with van der Waals surface area (Å²) in [6.45, 7) is 6.28. The third kappa shape index (κ3) is 5.04. The molecular weight excluding hydrogens is 486 g/mol. The van der Waals surface area contributed by atoms with Gasteiger partial charge in [-0.3, -0.25) is 4.90 Å². The smallest absolute Gasteiger partial charge is 0.126 e. The van der Waals surface area contributed by atoms with Gasteiger partial charge in [-0.15, -0.1) is 0 Å². The second-order valence-electron chi connectivity index (χ2n) is 9.94. The van der Waals surface area contributed by atoms with E-state index in [1.807, 2.05) is 13.0 Å². The van der Waals surface area contributed by atoms with Crippen molar-refractivity contribution in [2.24, 2.45) is 5.92 Å². The Morgan fingerprint density at radius 3 is 2.59 bits per heavy atom. The van der Waals surface area contributed by atoms with Crippen LogP contribution < -0.4 is 10.2 Å². The Kier molecular flexibility index (Phi) is 7.00. The first-order valence-corrected chi connectivity index (χ1v) is 13.1. The van der Waals surface area contributed by atoms with Gasteiger partial charge in [-0.2, -0.15) is 0 Å². The van der Waals surface area contributed by atoms with Gasteiger partial charge in [0.15, 0.2) is 0 Å². The third-order valence-corrected chi connectivity index (χ3v) is 8.12. The topological polar surface area (TPSA) is 44.3 Å². The highest BCUT2D eigenvalue weighted by atomic mass is 79.9. The van der Waals surface area contributed by atoms with Crippen LogP contribution in [0.4, 0.5) is 5.69 Å². The van der Waals surface area contributed by atoms with E-state index in [0.29, 0.717) is 17.9 Å². The average molecular weight is 521 g/mol. The third-order valence-electron chi connectivity index (χ3n) is 7.43. The number of aryl methyl sites for hydroxylation is 1. The molecule has 2 bridgehead atoms. The van der Waals surface area contributed by atoms with Gasteiger partial charge in [-0.05, 0) is 62.1 Å². The van der Waals surface area contributed by atoms with Crippen LogP contribution in [-0.2, 0) is 6.54 Å². The molecule has 1 unspecified atom stereocenters. The SMILES string of the molecule is Cc1nc(-c2ccccc2Br)cc([C@@H]2CN3CC[C@H]2C[C@@H]3CNCc2ccc(N(C)C)cc2)n1. The summed E-state index contributed by atoms with van der Waals surface area (Å²) < 4.78 is 1.08. The summed E-state index contributed by atoms with van der Waals surface area (Å²) in [6.07, 6.45) is 2.51. The van der Waals surface area contributed by atoms with E-state index in [4.69, 9.17) is 9.97 Å². The quantitative estimate of drug-likeness (QED) is 0.461. The molecule has 4 heterocycles. The van der Waals surface area contributed by atoms with Crippen LogP contribution in [0, 0.1) is 12.8 Å². The number of piperidine rings is 3. The van der Waals surface area contributed by atoms with Crippen LogP contribution in [0.5, 0.6) is 0 Å². The van der Waals surface area contributed by atoms with E-state index < -0.39 is 0 Å². The van der Waals surface area contributed by atoms with Crippen LogP contribution in [0.2, 0.25) is 0 Å². The number of nitrogens with one attached hydrogen (secondary N) is 1. The summed E-state index contributed by atoms with van der Waals surface area (Å²) in [5.74, 6) is 2.04. The maximum atomic E-state index is 4.91. The van der Waals surface area contributed by atoms with Gasteiger partial charge >= 0.3 is 0 Å². The Labute approximate surface area is 211 Å². The Balaban J connectivity index is 1.23. The Hall–Kier alpha value is -2.28. The van der Waals surface area contributed by atoms with Crippen molar-refractivity contribution in [3.8, 4) is 11.3 Å². The number of benzene rings is 2. The lowest BCUT2D eigenvalue weighted by molar-refractivity contribution is 0.0292. The molecule has 0 spiro atoms. The molecule has 5 nitrogen and oxygen atoms in total. The van der Waals surface area contributed by atoms with Crippen molar-refractivity contribution in [3.63, 3.8) is 0 Å². The number of aromatic nitrogens is 2. The van der Waals surface area contributed by atoms with E-state index >= 15 is 0 Å². The molecule has 2 aromatic carbocycles. The van der Waals surface area contributed by atoms with Crippen molar-refractivity contribution in [2.45, 2.75) is 38.3 Å². The van der Waals surface area contributed by atoms with E-state index in [2.05, 4.69) is 93.7 Å². The second kappa shape index (κ2) is 10.1. The first-order valence-electron chi connectivity index (χ1n) is 12.3. The van der Waals surface area contributed by atoms with Gasteiger partial charge in [0.2, 0.25) is 0 Å². The van der Waals surface area contributed by atoms with E-state index in [9.17, 15) is 0 Å². The molecule has 0 aliphatic carbocycles. The number of halogens is 1. The van der Waals surface area contributed by atoms with Crippen molar-refractivity contribution < 1.29 is 0 Å². The molecule has 3 saturated heterocycles. The summed E-state index contributed by atoms with van der Waals surface area (Å²) in [4.78, 5) is 14.5. The maximum absolute atomic E-state index is 4.91. The highest BCUT2D eigenvalue weighted by Gasteiger charge is 2.41. The van der Waals surface area contributed by atoms with Crippen LogP contribution in [0.3, 0.4) is 0 Å². The minimum absolute atomic E-state index is 0.492. The van der Waals surface area contributed by atoms with E-state index in [-0.39, 0.29) is 0 Å². The zero-order valence-corrected chi connectivity index (χ0v) is 21.9. The van der Waals surface area contributed by atoms with Gasteiger partial charge in [0.1, 0.15) is 5.82 Å². The average Bonchev–Trinajstić information content (AvgIpc) is 2.84. The fourth-order valence-electron chi connectivity index (χ4n) is 5.57. The minimum atomic E-state index is 0.492. The molecule has 1 N–H and O–H groups in total. The first kappa shape index (κ1) is 23.5. The molecule has 0 amide bonds. The Morgan fingerprint density at radius 1 is 1.09 bits per heavy atom. The number of hydrogen-bond donors (Lipinski definition) is 1. The number of fused-ring (bicyclic) bond motifs is 3. The molecule has 3 aliphatic rings. The lowest BCUT2D eigenvalue weighted by Crippen LogP contribution is -2.55. The van der Waals surface area contributed by atoms with Gasteiger partial charge in [-0.25, -0.2) is 9.97 Å². The largest absolute Gasteiger partial charge is 0.378 e. The predicted octanol–water partition coefficient (Wildman–Crippen LogP) is 5.25. The van der Waals surface area contributed by atoms with Crippen LogP contribution in [0.15, 0.2) is 59.1 Å². The number of anilines is 1. The molecule has 0 radical (unpaired) electrons. The van der Waals surface area contributed by atoms with Crippen molar-refractivity contribution in [3.05, 3.63) is 76.2 Å². The molecule has 0 saturated carbocycles. The lowest BCUT2D eigenvalue weighted by Gasteiger charge is -2.50. The number of hydrogen-bond acceptors (Lipinski definition) is 5. The van der Waals surface area contributed by atoms with Gasteiger partial charge < -0.3 is 10.2 Å². The lowest BCUT2D eigenvalue weighted by atomic mass is 9.74. The van der Waals surface area contributed by atoms with Crippen molar-refractivity contribution in [1.29, 1.82) is 0 Å². The van der Waals surface area contributed by atoms with Gasteiger partial charge in [0, 0.05) is 67.1 Å².